The van der Waals surface area contributed by atoms with Gasteiger partial charge in [-0.25, -0.2) is 0 Å². The first-order chi connectivity index (χ1) is 9.22. The molecule has 0 radical (unpaired) electrons. The van der Waals surface area contributed by atoms with E-state index < -0.39 is 0 Å². The summed E-state index contributed by atoms with van der Waals surface area (Å²) in [7, 11) is 0. The minimum Gasteiger partial charge on any atom is -0.359 e. The zero-order chi connectivity index (χ0) is 13.2. The lowest BCUT2D eigenvalue weighted by atomic mass is 10.1. The smallest absolute Gasteiger partial charge is 0.255 e. The Kier molecular flexibility index (Phi) is 2.80. The predicted octanol–water partition coefficient (Wildman–Crippen LogP) is 3.73. The number of H-pyrrole nitrogens is 1. The highest BCUT2D eigenvalue weighted by atomic mass is 16.1. The molecular formula is C16H14N2O. The standard InChI is InChI=1S/C16H14N2O/c1-11-9-13-10-12(7-8-15(13)17-11)16(19)18-14-5-3-2-4-6-14/h2-10,17H,1H3,(H,18,19). The van der Waals surface area contributed by atoms with Crippen LogP contribution >= 0.6 is 0 Å². The number of hydrogen-bond donors (Lipinski definition) is 2. The van der Waals surface area contributed by atoms with Crippen LogP contribution in [0.5, 0.6) is 0 Å². The van der Waals surface area contributed by atoms with E-state index in [1.165, 1.54) is 0 Å². The summed E-state index contributed by atoms with van der Waals surface area (Å²) in [5.41, 5.74) is 3.61. The van der Waals surface area contributed by atoms with Gasteiger partial charge < -0.3 is 10.3 Å². The maximum Gasteiger partial charge on any atom is 0.255 e. The predicted molar refractivity (Wildman–Crippen MR) is 77.4 cm³/mol. The van der Waals surface area contributed by atoms with E-state index in [4.69, 9.17) is 0 Å². The molecule has 2 N–H and O–H groups in total. The van der Waals surface area contributed by atoms with Crippen molar-refractivity contribution in [2.75, 3.05) is 5.32 Å². The fraction of sp³-hybridized carbons (Fsp3) is 0.0625. The van der Waals surface area contributed by atoms with Crippen molar-refractivity contribution in [3.8, 4) is 0 Å². The van der Waals surface area contributed by atoms with Crippen LogP contribution < -0.4 is 5.32 Å². The van der Waals surface area contributed by atoms with Gasteiger partial charge in [-0.05, 0) is 43.3 Å². The number of carbonyl (C=O) groups is 1. The average molecular weight is 250 g/mol. The number of para-hydroxylation sites is 1. The number of fused-ring (bicyclic) bond motifs is 1. The number of aryl methyl sites for hydroxylation is 1. The molecule has 19 heavy (non-hydrogen) atoms. The second-order valence-corrected chi connectivity index (χ2v) is 4.57. The normalized spacial score (nSPS) is 10.6. The molecule has 1 aromatic heterocycles. The number of anilines is 1. The lowest BCUT2D eigenvalue weighted by Gasteiger charge is -2.04. The van der Waals surface area contributed by atoms with Crippen LogP contribution in [-0.2, 0) is 0 Å². The topological polar surface area (TPSA) is 44.9 Å². The van der Waals surface area contributed by atoms with E-state index in [2.05, 4.69) is 10.3 Å². The molecule has 0 saturated carbocycles. The average Bonchev–Trinajstić information content (AvgIpc) is 2.78. The Labute approximate surface area is 111 Å². The highest BCUT2D eigenvalue weighted by Crippen LogP contribution is 2.18. The molecule has 0 unspecified atom stereocenters. The van der Waals surface area contributed by atoms with Crippen molar-refractivity contribution in [1.29, 1.82) is 0 Å². The first-order valence-electron chi connectivity index (χ1n) is 6.18. The van der Waals surface area contributed by atoms with Gasteiger partial charge in [0.1, 0.15) is 0 Å². The SMILES string of the molecule is Cc1cc2cc(C(=O)Nc3ccccc3)ccc2[nH]1. The zero-order valence-corrected chi connectivity index (χ0v) is 10.6. The Hall–Kier alpha value is -2.55. The van der Waals surface area contributed by atoms with E-state index in [1.54, 1.807) is 0 Å². The van der Waals surface area contributed by atoms with Gasteiger partial charge in [-0.2, -0.15) is 0 Å². The molecule has 0 bridgehead atoms. The van der Waals surface area contributed by atoms with Crippen LogP contribution in [-0.4, -0.2) is 10.9 Å². The maximum atomic E-state index is 12.1. The monoisotopic (exact) mass is 250 g/mol. The van der Waals surface area contributed by atoms with E-state index >= 15 is 0 Å². The summed E-state index contributed by atoms with van der Waals surface area (Å²) >= 11 is 0. The van der Waals surface area contributed by atoms with Gasteiger partial charge in [-0.1, -0.05) is 18.2 Å². The fourth-order valence-electron chi connectivity index (χ4n) is 2.14. The third-order valence-corrected chi connectivity index (χ3v) is 3.05. The van der Waals surface area contributed by atoms with Gasteiger partial charge >= 0.3 is 0 Å². The molecule has 3 aromatic rings. The van der Waals surface area contributed by atoms with Crippen LogP contribution in [0, 0.1) is 6.92 Å². The van der Waals surface area contributed by atoms with Gasteiger partial charge in [0.15, 0.2) is 0 Å². The van der Waals surface area contributed by atoms with E-state index in [1.807, 2.05) is 61.5 Å². The molecule has 1 amide bonds. The molecule has 3 rings (SSSR count). The van der Waals surface area contributed by atoms with Gasteiger partial charge in [-0.15, -0.1) is 0 Å². The van der Waals surface area contributed by atoms with Crippen molar-refractivity contribution in [2.45, 2.75) is 6.92 Å². The van der Waals surface area contributed by atoms with E-state index in [0.717, 1.165) is 22.3 Å². The minimum atomic E-state index is -0.0908. The van der Waals surface area contributed by atoms with Crippen molar-refractivity contribution < 1.29 is 4.79 Å². The van der Waals surface area contributed by atoms with Crippen LogP contribution in [0.15, 0.2) is 54.6 Å². The number of aromatic nitrogens is 1. The summed E-state index contributed by atoms with van der Waals surface area (Å²) in [6, 6.07) is 17.2. The summed E-state index contributed by atoms with van der Waals surface area (Å²) in [6.45, 7) is 2.00. The maximum absolute atomic E-state index is 12.1. The number of hydrogen-bond acceptors (Lipinski definition) is 1. The molecule has 3 heteroatoms. The number of aromatic amines is 1. The van der Waals surface area contributed by atoms with Crippen molar-refractivity contribution in [3.63, 3.8) is 0 Å². The van der Waals surface area contributed by atoms with Crippen LogP contribution in [0.2, 0.25) is 0 Å². The van der Waals surface area contributed by atoms with Crippen molar-refractivity contribution >= 4 is 22.5 Å². The summed E-state index contributed by atoms with van der Waals surface area (Å²) in [5, 5.41) is 3.93. The third kappa shape index (κ3) is 2.36. The number of nitrogens with one attached hydrogen (secondary N) is 2. The molecule has 0 fully saturated rings. The van der Waals surface area contributed by atoms with Crippen LogP contribution in [0.25, 0.3) is 10.9 Å². The van der Waals surface area contributed by atoms with Gasteiger partial charge in [0.2, 0.25) is 0 Å². The minimum absolute atomic E-state index is 0.0908. The third-order valence-electron chi connectivity index (χ3n) is 3.05. The second-order valence-electron chi connectivity index (χ2n) is 4.57. The Morgan fingerprint density at radius 1 is 1.05 bits per heavy atom. The highest BCUT2D eigenvalue weighted by molar-refractivity contribution is 6.06. The molecule has 1 heterocycles. The summed E-state index contributed by atoms with van der Waals surface area (Å²) in [4.78, 5) is 15.4. The summed E-state index contributed by atoms with van der Waals surface area (Å²) in [6.07, 6.45) is 0. The summed E-state index contributed by atoms with van der Waals surface area (Å²) in [5.74, 6) is -0.0908. The van der Waals surface area contributed by atoms with E-state index in [-0.39, 0.29) is 5.91 Å². The first kappa shape index (κ1) is 11.5. The fourth-order valence-corrected chi connectivity index (χ4v) is 2.14. The van der Waals surface area contributed by atoms with Gasteiger partial charge in [-0.3, -0.25) is 4.79 Å². The molecular weight excluding hydrogens is 236 g/mol. The van der Waals surface area contributed by atoms with Gasteiger partial charge in [0.05, 0.1) is 0 Å². The largest absolute Gasteiger partial charge is 0.359 e. The Bertz CT molecular complexity index is 729. The highest BCUT2D eigenvalue weighted by Gasteiger charge is 2.07. The van der Waals surface area contributed by atoms with Crippen LogP contribution in [0.1, 0.15) is 16.1 Å². The second kappa shape index (κ2) is 4.61. The van der Waals surface area contributed by atoms with Gasteiger partial charge in [0.25, 0.3) is 5.91 Å². The molecule has 0 aliphatic rings. The Morgan fingerprint density at radius 3 is 2.63 bits per heavy atom. The number of rotatable bonds is 2. The molecule has 0 aliphatic carbocycles. The van der Waals surface area contributed by atoms with Crippen molar-refractivity contribution in [2.24, 2.45) is 0 Å². The molecule has 2 aromatic carbocycles. The summed E-state index contributed by atoms with van der Waals surface area (Å²) < 4.78 is 0. The van der Waals surface area contributed by atoms with Crippen molar-refractivity contribution in [3.05, 3.63) is 65.9 Å². The number of benzene rings is 2. The Morgan fingerprint density at radius 2 is 1.84 bits per heavy atom. The Balaban J connectivity index is 1.89. The first-order valence-corrected chi connectivity index (χ1v) is 6.18. The molecule has 0 atom stereocenters. The van der Waals surface area contributed by atoms with E-state index in [0.29, 0.717) is 5.56 Å². The quantitative estimate of drug-likeness (QED) is 0.715. The number of carbonyl (C=O) groups excluding carboxylic acids is 1. The van der Waals surface area contributed by atoms with Gasteiger partial charge in [0, 0.05) is 27.8 Å². The number of amides is 1. The molecule has 0 saturated heterocycles. The van der Waals surface area contributed by atoms with Crippen molar-refractivity contribution in [1.82, 2.24) is 4.98 Å². The lowest BCUT2D eigenvalue weighted by Crippen LogP contribution is -2.11. The zero-order valence-electron chi connectivity index (χ0n) is 10.6. The van der Waals surface area contributed by atoms with Crippen LogP contribution in [0.4, 0.5) is 5.69 Å². The lowest BCUT2D eigenvalue weighted by molar-refractivity contribution is 0.102. The van der Waals surface area contributed by atoms with Crippen LogP contribution in [0.3, 0.4) is 0 Å². The molecule has 0 spiro atoms. The van der Waals surface area contributed by atoms with E-state index in [9.17, 15) is 4.79 Å². The molecule has 0 aliphatic heterocycles. The molecule has 3 nitrogen and oxygen atoms in total. The molecule has 94 valence electrons.